The first-order valence-corrected chi connectivity index (χ1v) is 10.6. The van der Waals surface area contributed by atoms with E-state index in [0.717, 1.165) is 5.69 Å². The minimum Gasteiger partial charge on any atom is -0.354 e. The normalized spacial score (nSPS) is 12.0. The van der Waals surface area contributed by atoms with Crippen LogP contribution in [0.1, 0.15) is 5.69 Å². The average Bonchev–Trinajstić information content (AvgIpc) is 3.03. The van der Waals surface area contributed by atoms with Crippen molar-refractivity contribution in [2.45, 2.75) is 5.03 Å². The van der Waals surface area contributed by atoms with Gasteiger partial charge in [0.25, 0.3) is 0 Å². The molecule has 13 heteroatoms. The Balaban J connectivity index is 1.93. The quantitative estimate of drug-likeness (QED) is 0.238. The third kappa shape index (κ3) is 7.17. The highest BCUT2D eigenvalue weighted by Gasteiger charge is 2.17. The smallest absolute Gasteiger partial charge is 0.236 e. The molecule has 0 aliphatic heterocycles. The summed E-state index contributed by atoms with van der Waals surface area (Å²) in [5.74, 6) is -0.592. The summed E-state index contributed by atoms with van der Waals surface area (Å²) in [7, 11) is -2.26. The standard InChI is InChI=1S/C14H17ClN6O4S2/c1-17-13(19-10-4-2-3-9(15)7-10)12-14(21-25-20-12)26-6-5-18-11(22)8-27(16,23)24/h2-4,7H,5-6,8H2,1H3,(H,17,19)(H,18,22)(H2,16,23,24). The fraction of sp³-hybridized carbons (Fsp3) is 0.286. The number of amides is 1. The largest absolute Gasteiger partial charge is 0.354 e. The van der Waals surface area contributed by atoms with E-state index in [1.165, 1.54) is 11.8 Å². The van der Waals surface area contributed by atoms with E-state index < -0.39 is 21.7 Å². The van der Waals surface area contributed by atoms with E-state index in [2.05, 4.69) is 25.9 Å². The molecule has 2 aromatic rings. The zero-order chi connectivity index (χ0) is 19.9. The molecule has 0 fully saturated rings. The number of anilines is 1. The summed E-state index contributed by atoms with van der Waals surface area (Å²) < 4.78 is 26.5. The Labute approximate surface area is 164 Å². The molecule has 2 rings (SSSR count). The Hall–Kier alpha value is -2.15. The summed E-state index contributed by atoms with van der Waals surface area (Å²) in [5, 5.41) is 19.0. The Morgan fingerprint density at radius 1 is 1.41 bits per heavy atom. The van der Waals surface area contributed by atoms with Crippen molar-refractivity contribution in [3.05, 3.63) is 35.0 Å². The third-order valence-corrected chi connectivity index (χ3v) is 4.84. The van der Waals surface area contributed by atoms with Gasteiger partial charge >= 0.3 is 0 Å². The molecule has 146 valence electrons. The van der Waals surface area contributed by atoms with Gasteiger partial charge in [0.15, 0.2) is 16.6 Å². The summed E-state index contributed by atoms with van der Waals surface area (Å²) in [6.07, 6.45) is 0. The molecule has 0 saturated heterocycles. The highest BCUT2D eigenvalue weighted by Crippen LogP contribution is 2.21. The van der Waals surface area contributed by atoms with Crippen LogP contribution in [0, 0.1) is 0 Å². The van der Waals surface area contributed by atoms with Gasteiger partial charge in [0.1, 0.15) is 5.75 Å². The number of halogens is 1. The van der Waals surface area contributed by atoms with Crippen molar-refractivity contribution in [1.29, 1.82) is 0 Å². The molecular formula is C14H17ClN6O4S2. The van der Waals surface area contributed by atoms with Gasteiger partial charge in [-0.25, -0.2) is 18.2 Å². The first kappa shape index (κ1) is 21.2. The number of aliphatic imine (C=N–C) groups is 1. The molecule has 1 aromatic carbocycles. The highest BCUT2D eigenvalue weighted by atomic mass is 35.5. The van der Waals surface area contributed by atoms with Gasteiger partial charge in [-0.2, -0.15) is 0 Å². The SMILES string of the molecule is C/N=C(\Nc1cccc(Cl)c1)c1nonc1SCCNC(=O)CS(N)(=O)=O. The maximum atomic E-state index is 11.4. The van der Waals surface area contributed by atoms with E-state index in [1.807, 2.05) is 6.07 Å². The van der Waals surface area contributed by atoms with Crippen LogP contribution in [-0.4, -0.2) is 55.6 Å². The van der Waals surface area contributed by atoms with Crippen LogP contribution in [-0.2, 0) is 14.8 Å². The average molecular weight is 433 g/mol. The molecule has 1 heterocycles. The van der Waals surface area contributed by atoms with Gasteiger partial charge < -0.3 is 10.6 Å². The van der Waals surface area contributed by atoms with Crippen molar-refractivity contribution in [2.75, 3.05) is 30.4 Å². The van der Waals surface area contributed by atoms with Crippen molar-refractivity contribution in [2.24, 2.45) is 10.1 Å². The monoisotopic (exact) mass is 432 g/mol. The lowest BCUT2D eigenvalue weighted by Gasteiger charge is -2.08. The summed E-state index contributed by atoms with van der Waals surface area (Å²) in [6.45, 7) is 0.214. The molecule has 0 radical (unpaired) electrons. The Kier molecular flexibility index (Phi) is 7.59. The number of carbonyl (C=O) groups excluding carboxylic acids is 1. The molecule has 10 nitrogen and oxygen atoms in total. The maximum Gasteiger partial charge on any atom is 0.236 e. The first-order chi connectivity index (χ1) is 12.8. The number of nitrogens with one attached hydrogen (secondary N) is 2. The molecule has 0 spiro atoms. The zero-order valence-corrected chi connectivity index (χ0v) is 16.6. The van der Waals surface area contributed by atoms with Crippen molar-refractivity contribution < 1.29 is 17.8 Å². The Bertz CT molecular complexity index is 931. The van der Waals surface area contributed by atoms with Crippen molar-refractivity contribution in [1.82, 2.24) is 15.6 Å². The number of carbonyl (C=O) groups is 1. The van der Waals surface area contributed by atoms with Gasteiger partial charge in [0.05, 0.1) is 0 Å². The third-order valence-electron chi connectivity index (χ3n) is 2.99. The van der Waals surface area contributed by atoms with Gasteiger partial charge in [0, 0.05) is 30.1 Å². The number of sulfonamides is 1. The van der Waals surface area contributed by atoms with Gasteiger partial charge in [-0.15, -0.1) is 0 Å². The fourth-order valence-electron chi connectivity index (χ4n) is 1.92. The van der Waals surface area contributed by atoms with Gasteiger partial charge in [0.2, 0.25) is 15.9 Å². The minimum absolute atomic E-state index is 0.214. The van der Waals surface area contributed by atoms with Crippen LogP contribution < -0.4 is 15.8 Å². The molecule has 0 atom stereocenters. The van der Waals surface area contributed by atoms with Crippen LogP contribution in [0.3, 0.4) is 0 Å². The molecule has 1 amide bonds. The van der Waals surface area contributed by atoms with E-state index in [4.69, 9.17) is 21.4 Å². The molecule has 0 aliphatic carbocycles. The number of benzene rings is 1. The molecule has 27 heavy (non-hydrogen) atoms. The van der Waals surface area contributed by atoms with Crippen molar-refractivity contribution in [3.63, 3.8) is 0 Å². The maximum absolute atomic E-state index is 11.4. The van der Waals surface area contributed by atoms with E-state index >= 15 is 0 Å². The zero-order valence-electron chi connectivity index (χ0n) is 14.2. The van der Waals surface area contributed by atoms with E-state index in [0.29, 0.717) is 27.3 Å². The number of primary sulfonamides is 1. The van der Waals surface area contributed by atoms with Crippen molar-refractivity contribution in [3.8, 4) is 0 Å². The van der Waals surface area contributed by atoms with Crippen molar-refractivity contribution >= 4 is 50.8 Å². The van der Waals surface area contributed by atoms with E-state index in [9.17, 15) is 13.2 Å². The number of rotatable bonds is 8. The molecular weight excluding hydrogens is 416 g/mol. The van der Waals surface area contributed by atoms with Crippen LogP contribution in [0.25, 0.3) is 0 Å². The molecule has 0 unspecified atom stereocenters. The lowest BCUT2D eigenvalue weighted by Crippen LogP contribution is -2.34. The van der Waals surface area contributed by atoms with Crippen LogP contribution in [0.5, 0.6) is 0 Å². The molecule has 0 bridgehead atoms. The number of amidine groups is 1. The number of hydrogen-bond acceptors (Lipinski definition) is 8. The van der Waals surface area contributed by atoms with E-state index in [1.54, 1.807) is 25.2 Å². The van der Waals surface area contributed by atoms with Gasteiger partial charge in [-0.05, 0) is 28.5 Å². The summed E-state index contributed by atoms with van der Waals surface area (Å²) in [5.41, 5.74) is 1.12. The topological polar surface area (TPSA) is 153 Å². The second-order valence-electron chi connectivity index (χ2n) is 5.13. The summed E-state index contributed by atoms with van der Waals surface area (Å²) >= 11 is 7.23. The highest BCUT2D eigenvalue weighted by molar-refractivity contribution is 7.99. The lowest BCUT2D eigenvalue weighted by molar-refractivity contribution is -0.118. The van der Waals surface area contributed by atoms with Crippen LogP contribution in [0.2, 0.25) is 5.02 Å². The predicted octanol–water partition coefficient (Wildman–Crippen LogP) is 0.708. The van der Waals surface area contributed by atoms with Gasteiger partial charge in [-0.3, -0.25) is 9.79 Å². The Morgan fingerprint density at radius 3 is 2.85 bits per heavy atom. The van der Waals surface area contributed by atoms with E-state index in [-0.39, 0.29) is 6.54 Å². The molecule has 0 saturated carbocycles. The van der Waals surface area contributed by atoms with Crippen LogP contribution >= 0.6 is 23.4 Å². The van der Waals surface area contributed by atoms with Crippen LogP contribution in [0.15, 0.2) is 38.9 Å². The fourth-order valence-corrected chi connectivity index (χ4v) is 3.33. The lowest BCUT2D eigenvalue weighted by atomic mass is 10.3. The summed E-state index contributed by atoms with van der Waals surface area (Å²) in [6, 6.07) is 7.09. The second kappa shape index (κ2) is 9.69. The molecule has 1 aromatic heterocycles. The Morgan fingerprint density at radius 2 is 2.19 bits per heavy atom. The molecule has 4 N–H and O–H groups in total. The van der Waals surface area contributed by atoms with Crippen LogP contribution in [0.4, 0.5) is 5.69 Å². The number of nitrogens with two attached hydrogens (primary N) is 1. The minimum atomic E-state index is -3.85. The number of nitrogens with zero attached hydrogens (tertiary/aromatic N) is 3. The molecule has 0 aliphatic rings. The first-order valence-electron chi connectivity index (χ1n) is 7.51. The predicted molar refractivity (Wildman–Crippen MR) is 104 cm³/mol. The summed E-state index contributed by atoms with van der Waals surface area (Å²) in [4.78, 5) is 15.6. The number of aromatic nitrogens is 2. The number of thioether (sulfide) groups is 1. The second-order valence-corrected chi connectivity index (χ2v) is 8.27. The van der Waals surface area contributed by atoms with Gasteiger partial charge in [-0.1, -0.05) is 29.4 Å². The number of hydrogen-bond donors (Lipinski definition) is 3.